The molecule has 0 aliphatic carbocycles. The van der Waals surface area contributed by atoms with Crippen LogP contribution in [0, 0.1) is 0 Å². The summed E-state index contributed by atoms with van der Waals surface area (Å²) in [6.45, 7) is 4.24. The van der Waals surface area contributed by atoms with Gasteiger partial charge in [-0.1, -0.05) is 71.6 Å². The Morgan fingerprint density at radius 1 is 0.387 bits per heavy atom. The van der Waals surface area contributed by atoms with E-state index in [1.165, 1.54) is 0 Å². The van der Waals surface area contributed by atoms with Gasteiger partial charge in [-0.25, -0.2) is 0 Å². The molecule has 0 atom stereocenters. The number of unbranched alkanes of at least 4 members (excludes halogenated alkanes) is 10. The van der Waals surface area contributed by atoms with E-state index in [0.29, 0.717) is 25.7 Å². The molecular formula is C23H44N4O4. The van der Waals surface area contributed by atoms with Gasteiger partial charge in [0, 0.05) is 25.7 Å². The molecule has 0 saturated carbocycles. The molecule has 0 aliphatic heterocycles. The lowest BCUT2D eigenvalue weighted by molar-refractivity contribution is -0.129. The van der Waals surface area contributed by atoms with E-state index >= 15 is 0 Å². The molecule has 0 rings (SSSR count). The maximum atomic E-state index is 11.7. The summed E-state index contributed by atoms with van der Waals surface area (Å²) in [6.07, 6.45) is 14.1. The highest BCUT2D eigenvalue weighted by molar-refractivity contribution is 5.82. The van der Waals surface area contributed by atoms with Gasteiger partial charge in [0.05, 0.1) is 0 Å². The third-order valence-corrected chi connectivity index (χ3v) is 5.01. The summed E-state index contributed by atoms with van der Waals surface area (Å²) in [5, 5.41) is 0. The minimum absolute atomic E-state index is 0.143. The molecule has 4 amide bonds. The number of hydrazine groups is 2. The van der Waals surface area contributed by atoms with Crippen molar-refractivity contribution in [2.75, 3.05) is 0 Å². The molecule has 0 heterocycles. The smallest absolute Gasteiger partial charge is 0.238 e. The molecule has 0 aliphatic rings. The molecule has 0 saturated heterocycles. The van der Waals surface area contributed by atoms with E-state index in [2.05, 4.69) is 35.6 Å². The van der Waals surface area contributed by atoms with Crippen LogP contribution in [-0.2, 0) is 19.2 Å². The first-order valence-electron chi connectivity index (χ1n) is 12.1. The minimum Gasteiger partial charge on any atom is -0.273 e. The lowest BCUT2D eigenvalue weighted by atomic mass is 10.1. The number of amides is 4. The van der Waals surface area contributed by atoms with Crippen LogP contribution in [0.2, 0.25) is 0 Å². The number of nitrogens with one attached hydrogen (secondary N) is 4. The molecule has 4 N–H and O–H groups in total. The van der Waals surface area contributed by atoms with Crippen molar-refractivity contribution in [2.24, 2.45) is 0 Å². The van der Waals surface area contributed by atoms with Crippen LogP contribution < -0.4 is 21.7 Å². The Kier molecular flexibility index (Phi) is 19.7. The fourth-order valence-corrected chi connectivity index (χ4v) is 3.05. The Hall–Kier alpha value is -2.12. The summed E-state index contributed by atoms with van der Waals surface area (Å²) in [5.74, 6) is -0.635. The van der Waals surface area contributed by atoms with Gasteiger partial charge in [0.15, 0.2) is 0 Å². The molecule has 180 valence electrons. The average Bonchev–Trinajstić information content (AvgIpc) is 2.76. The fourth-order valence-electron chi connectivity index (χ4n) is 3.05. The van der Waals surface area contributed by atoms with Gasteiger partial charge in [0.25, 0.3) is 0 Å². The van der Waals surface area contributed by atoms with Crippen LogP contribution in [0.15, 0.2) is 0 Å². The highest BCUT2D eigenvalue weighted by Gasteiger charge is 2.06. The Bertz CT molecular complexity index is 468. The second-order valence-corrected chi connectivity index (χ2v) is 8.08. The van der Waals surface area contributed by atoms with Crippen LogP contribution in [0.25, 0.3) is 0 Å². The van der Waals surface area contributed by atoms with Gasteiger partial charge in [-0.3, -0.25) is 40.9 Å². The third-order valence-electron chi connectivity index (χ3n) is 5.01. The number of carbonyl (C=O) groups is 4. The molecule has 0 spiro atoms. The summed E-state index contributed by atoms with van der Waals surface area (Å²) in [5.41, 5.74) is 9.83. The monoisotopic (exact) mass is 440 g/mol. The fraction of sp³-hybridized carbons (Fsp3) is 0.826. The van der Waals surface area contributed by atoms with Crippen LogP contribution >= 0.6 is 0 Å². The summed E-state index contributed by atoms with van der Waals surface area (Å²) < 4.78 is 0. The first-order valence-corrected chi connectivity index (χ1v) is 12.1. The third kappa shape index (κ3) is 20.9. The molecule has 31 heavy (non-hydrogen) atoms. The van der Waals surface area contributed by atoms with Crippen molar-refractivity contribution in [2.45, 2.75) is 123 Å². The Morgan fingerprint density at radius 2 is 0.613 bits per heavy atom. The molecule has 0 fully saturated rings. The van der Waals surface area contributed by atoms with Crippen molar-refractivity contribution in [3.63, 3.8) is 0 Å². The summed E-state index contributed by atoms with van der Waals surface area (Å²) >= 11 is 0. The maximum Gasteiger partial charge on any atom is 0.238 e. The highest BCUT2D eigenvalue weighted by Crippen LogP contribution is 2.07. The molecule has 0 bridgehead atoms. The summed E-state index contributed by atoms with van der Waals surface area (Å²) in [6, 6.07) is 0. The van der Waals surface area contributed by atoms with Gasteiger partial charge >= 0.3 is 0 Å². The molecule has 0 radical (unpaired) electrons. The second-order valence-electron chi connectivity index (χ2n) is 8.08. The molecule has 0 aromatic rings. The Morgan fingerprint density at radius 3 is 0.871 bits per heavy atom. The SMILES string of the molecule is CCCCCCC(=O)NNC(=O)CCCCCCCC(=O)NNC(=O)CCCCCC. The molecule has 0 aromatic carbocycles. The molecule has 0 aromatic heterocycles. The van der Waals surface area contributed by atoms with Crippen LogP contribution in [0.3, 0.4) is 0 Å². The van der Waals surface area contributed by atoms with E-state index in [9.17, 15) is 19.2 Å². The lowest BCUT2D eigenvalue weighted by Gasteiger charge is -2.08. The largest absolute Gasteiger partial charge is 0.273 e. The number of carbonyl (C=O) groups excluding carboxylic acids is 4. The second kappa shape index (κ2) is 21.1. The predicted molar refractivity (Wildman–Crippen MR) is 122 cm³/mol. The van der Waals surface area contributed by atoms with E-state index in [-0.39, 0.29) is 23.6 Å². The summed E-state index contributed by atoms with van der Waals surface area (Å²) in [4.78, 5) is 46.6. The van der Waals surface area contributed by atoms with Gasteiger partial charge in [0.2, 0.25) is 23.6 Å². The van der Waals surface area contributed by atoms with Crippen LogP contribution in [0.4, 0.5) is 0 Å². The van der Waals surface area contributed by atoms with Gasteiger partial charge in [-0.2, -0.15) is 0 Å². The average molecular weight is 441 g/mol. The summed E-state index contributed by atoms with van der Waals surface area (Å²) in [7, 11) is 0. The van der Waals surface area contributed by atoms with Gasteiger partial charge in [-0.05, 0) is 25.7 Å². The normalized spacial score (nSPS) is 10.4. The zero-order valence-electron chi connectivity index (χ0n) is 19.7. The van der Waals surface area contributed by atoms with E-state index < -0.39 is 0 Å². The number of hydrogen-bond acceptors (Lipinski definition) is 4. The highest BCUT2D eigenvalue weighted by atomic mass is 16.2. The Labute approximate surface area is 188 Å². The van der Waals surface area contributed by atoms with Gasteiger partial charge in [0.1, 0.15) is 0 Å². The van der Waals surface area contributed by atoms with E-state index in [1.807, 2.05) is 0 Å². The van der Waals surface area contributed by atoms with Crippen molar-refractivity contribution >= 4 is 23.6 Å². The lowest BCUT2D eigenvalue weighted by Crippen LogP contribution is -2.41. The van der Waals surface area contributed by atoms with Crippen molar-refractivity contribution in [3.05, 3.63) is 0 Å². The van der Waals surface area contributed by atoms with Crippen molar-refractivity contribution in [1.29, 1.82) is 0 Å². The van der Waals surface area contributed by atoms with Crippen LogP contribution in [0.1, 0.15) is 123 Å². The predicted octanol–water partition coefficient (Wildman–Crippen LogP) is 3.95. The number of hydrogen-bond donors (Lipinski definition) is 4. The molecule has 8 heteroatoms. The molecular weight excluding hydrogens is 396 g/mol. The van der Waals surface area contributed by atoms with Crippen molar-refractivity contribution in [1.82, 2.24) is 21.7 Å². The van der Waals surface area contributed by atoms with Crippen LogP contribution in [-0.4, -0.2) is 23.6 Å². The van der Waals surface area contributed by atoms with E-state index in [4.69, 9.17) is 0 Å². The zero-order chi connectivity index (χ0) is 23.2. The molecule has 0 unspecified atom stereocenters. The molecule has 8 nitrogen and oxygen atoms in total. The van der Waals surface area contributed by atoms with E-state index in [1.54, 1.807) is 0 Å². The van der Waals surface area contributed by atoms with Crippen molar-refractivity contribution in [3.8, 4) is 0 Å². The zero-order valence-corrected chi connectivity index (χ0v) is 19.7. The number of rotatable bonds is 18. The van der Waals surface area contributed by atoms with Gasteiger partial charge in [-0.15, -0.1) is 0 Å². The topological polar surface area (TPSA) is 116 Å². The maximum absolute atomic E-state index is 11.7. The van der Waals surface area contributed by atoms with E-state index in [0.717, 1.165) is 83.5 Å². The van der Waals surface area contributed by atoms with Crippen molar-refractivity contribution < 1.29 is 19.2 Å². The first-order chi connectivity index (χ1) is 15.0. The first kappa shape index (κ1) is 28.9. The quantitative estimate of drug-likeness (QED) is 0.191. The minimum atomic E-state index is -0.174. The van der Waals surface area contributed by atoms with Gasteiger partial charge < -0.3 is 0 Å². The van der Waals surface area contributed by atoms with Crippen LogP contribution in [0.5, 0.6) is 0 Å². The Balaban J connectivity index is 3.49. The standard InChI is InChI=1S/C23H44N4O4/c1-3-5-7-12-16-20(28)24-26-22(30)18-14-10-9-11-15-19-23(31)27-25-21(29)17-13-8-6-4-2/h3-19H2,1-2H3,(H,24,28)(H,25,29)(H,26,30)(H,27,31).